The van der Waals surface area contributed by atoms with Crippen molar-refractivity contribution in [2.24, 2.45) is 0 Å². The fourth-order valence-corrected chi connectivity index (χ4v) is 2.26. The first-order valence-electron chi connectivity index (χ1n) is 6.86. The number of halogens is 1. The molecule has 0 heterocycles. The molecule has 2 aromatic rings. The van der Waals surface area contributed by atoms with Crippen LogP contribution >= 0.6 is 15.9 Å². The Labute approximate surface area is 138 Å². The van der Waals surface area contributed by atoms with Crippen molar-refractivity contribution in [3.8, 4) is 0 Å². The maximum Gasteiger partial charge on any atom is 0.243 e. The van der Waals surface area contributed by atoms with Crippen molar-refractivity contribution in [3.05, 3.63) is 58.1 Å². The van der Waals surface area contributed by atoms with E-state index in [1.54, 1.807) is 24.3 Å². The second kappa shape index (κ2) is 7.22. The smallest absolute Gasteiger partial charge is 0.243 e. The summed E-state index contributed by atoms with van der Waals surface area (Å²) in [4.78, 5) is 23.1. The fourth-order valence-electron chi connectivity index (χ4n) is 1.88. The molecule has 0 aromatic heterocycles. The van der Waals surface area contributed by atoms with E-state index >= 15 is 0 Å². The third kappa shape index (κ3) is 4.43. The van der Waals surface area contributed by atoms with E-state index in [0.29, 0.717) is 5.56 Å². The topological polar surface area (TPSA) is 58.2 Å². The molecule has 5 heteroatoms. The van der Waals surface area contributed by atoms with Gasteiger partial charge in [0, 0.05) is 21.4 Å². The number of rotatable bonds is 5. The molecule has 2 aromatic carbocycles. The molecular weight excluding hydrogens is 344 g/mol. The van der Waals surface area contributed by atoms with E-state index in [1.807, 2.05) is 25.1 Å². The average molecular weight is 361 g/mol. The lowest BCUT2D eigenvalue weighted by Gasteiger charge is -2.09. The van der Waals surface area contributed by atoms with Crippen molar-refractivity contribution < 1.29 is 9.59 Å². The number of aryl methyl sites for hydroxylation is 1. The number of anilines is 2. The Morgan fingerprint density at radius 2 is 1.68 bits per heavy atom. The standard InChI is InChI=1S/C17H17BrN2O2/c1-11-3-6-15(9-16(11)18)20-17(22)10-19-14-7-4-13(5-8-14)12(2)21/h3-9,19H,10H2,1-2H3,(H,20,22). The first-order chi connectivity index (χ1) is 10.5. The van der Waals surface area contributed by atoms with Gasteiger partial charge in [0.2, 0.25) is 5.91 Å². The Kier molecular flexibility index (Phi) is 5.33. The van der Waals surface area contributed by atoms with Gasteiger partial charge >= 0.3 is 0 Å². The minimum absolute atomic E-state index is 0.0224. The Balaban J connectivity index is 1.89. The zero-order chi connectivity index (χ0) is 16.1. The predicted molar refractivity (Wildman–Crippen MR) is 92.4 cm³/mol. The molecule has 0 unspecified atom stereocenters. The van der Waals surface area contributed by atoms with E-state index in [2.05, 4.69) is 26.6 Å². The number of carbonyl (C=O) groups is 2. The van der Waals surface area contributed by atoms with Crippen LogP contribution in [0, 0.1) is 6.92 Å². The molecule has 2 rings (SSSR count). The number of hydrogen-bond acceptors (Lipinski definition) is 3. The van der Waals surface area contributed by atoms with Crippen molar-refractivity contribution in [3.63, 3.8) is 0 Å². The first-order valence-corrected chi connectivity index (χ1v) is 7.66. The van der Waals surface area contributed by atoms with Crippen LogP contribution in [-0.4, -0.2) is 18.2 Å². The van der Waals surface area contributed by atoms with Crippen LogP contribution in [0.5, 0.6) is 0 Å². The van der Waals surface area contributed by atoms with Gasteiger partial charge in [-0.25, -0.2) is 0 Å². The SMILES string of the molecule is CC(=O)c1ccc(NCC(=O)Nc2ccc(C)c(Br)c2)cc1. The lowest BCUT2D eigenvalue weighted by atomic mass is 10.1. The van der Waals surface area contributed by atoms with Crippen LogP contribution in [-0.2, 0) is 4.79 Å². The highest BCUT2D eigenvalue weighted by atomic mass is 79.9. The summed E-state index contributed by atoms with van der Waals surface area (Å²) in [6.45, 7) is 3.67. The molecule has 0 spiro atoms. The number of carbonyl (C=O) groups excluding carboxylic acids is 2. The summed E-state index contributed by atoms with van der Waals surface area (Å²) in [6, 6.07) is 12.7. The van der Waals surface area contributed by atoms with Crippen LogP contribution in [0.4, 0.5) is 11.4 Å². The predicted octanol–water partition coefficient (Wildman–Crippen LogP) is 4.01. The van der Waals surface area contributed by atoms with Crippen LogP contribution in [0.3, 0.4) is 0 Å². The van der Waals surface area contributed by atoms with E-state index in [4.69, 9.17) is 0 Å². The third-order valence-corrected chi connectivity index (χ3v) is 4.05. The Morgan fingerprint density at radius 1 is 1.05 bits per heavy atom. The van der Waals surface area contributed by atoms with Crippen molar-refractivity contribution in [2.75, 3.05) is 17.2 Å². The summed E-state index contributed by atoms with van der Waals surface area (Å²) in [5.74, 6) is -0.111. The van der Waals surface area contributed by atoms with Crippen molar-refractivity contribution >= 4 is 39.0 Å². The molecule has 0 radical (unpaired) electrons. The van der Waals surface area contributed by atoms with Crippen molar-refractivity contribution in [1.29, 1.82) is 0 Å². The number of ketones is 1. The van der Waals surface area contributed by atoms with E-state index < -0.39 is 0 Å². The lowest BCUT2D eigenvalue weighted by Crippen LogP contribution is -2.21. The van der Waals surface area contributed by atoms with Gasteiger partial charge < -0.3 is 10.6 Å². The second-order valence-corrected chi connectivity index (χ2v) is 5.85. The van der Waals surface area contributed by atoms with Crippen molar-refractivity contribution in [1.82, 2.24) is 0 Å². The molecule has 0 fully saturated rings. The fraction of sp³-hybridized carbons (Fsp3) is 0.176. The molecule has 0 saturated carbocycles. The van der Waals surface area contributed by atoms with E-state index in [-0.39, 0.29) is 18.2 Å². The van der Waals surface area contributed by atoms with Crippen LogP contribution in [0.1, 0.15) is 22.8 Å². The van der Waals surface area contributed by atoms with Gasteiger partial charge in [0.25, 0.3) is 0 Å². The van der Waals surface area contributed by atoms with Gasteiger partial charge in [-0.05, 0) is 55.8 Å². The average Bonchev–Trinajstić information content (AvgIpc) is 2.49. The Hall–Kier alpha value is -2.14. The minimum atomic E-state index is -0.133. The summed E-state index contributed by atoms with van der Waals surface area (Å²) in [6.07, 6.45) is 0. The number of hydrogen-bond donors (Lipinski definition) is 2. The second-order valence-electron chi connectivity index (χ2n) is 5.00. The number of Topliss-reactive ketones (excluding diaryl/α,β-unsaturated/α-hetero) is 1. The van der Waals surface area contributed by atoms with Gasteiger partial charge in [-0.15, -0.1) is 0 Å². The number of nitrogens with one attached hydrogen (secondary N) is 2. The van der Waals surface area contributed by atoms with Crippen LogP contribution in [0.15, 0.2) is 46.9 Å². The van der Waals surface area contributed by atoms with E-state index in [9.17, 15) is 9.59 Å². The summed E-state index contributed by atoms with van der Waals surface area (Å²) in [7, 11) is 0. The number of amides is 1. The molecule has 0 bridgehead atoms. The maximum atomic E-state index is 11.9. The van der Waals surface area contributed by atoms with E-state index in [1.165, 1.54) is 6.92 Å². The molecule has 1 amide bonds. The quantitative estimate of drug-likeness (QED) is 0.792. The number of benzene rings is 2. The van der Waals surface area contributed by atoms with Gasteiger partial charge in [-0.2, -0.15) is 0 Å². The Bertz CT molecular complexity index is 696. The Morgan fingerprint density at radius 3 is 2.27 bits per heavy atom. The van der Waals surface area contributed by atoms with E-state index in [0.717, 1.165) is 21.4 Å². The molecule has 0 aliphatic rings. The molecule has 0 atom stereocenters. The van der Waals surface area contributed by atoms with Gasteiger partial charge in [-0.3, -0.25) is 9.59 Å². The summed E-state index contributed by atoms with van der Waals surface area (Å²) in [5.41, 5.74) is 3.31. The van der Waals surface area contributed by atoms with Gasteiger partial charge in [0.15, 0.2) is 5.78 Å². The molecule has 114 valence electrons. The molecular formula is C17H17BrN2O2. The molecule has 0 aliphatic heterocycles. The van der Waals surface area contributed by atoms with Crippen LogP contribution in [0.2, 0.25) is 0 Å². The highest BCUT2D eigenvalue weighted by molar-refractivity contribution is 9.10. The molecule has 2 N–H and O–H groups in total. The van der Waals surface area contributed by atoms with Gasteiger partial charge in [-0.1, -0.05) is 22.0 Å². The minimum Gasteiger partial charge on any atom is -0.376 e. The third-order valence-electron chi connectivity index (χ3n) is 3.20. The first kappa shape index (κ1) is 16.2. The van der Waals surface area contributed by atoms with Gasteiger partial charge in [0.1, 0.15) is 0 Å². The molecule has 0 saturated heterocycles. The summed E-state index contributed by atoms with van der Waals surface area (Å²) >= 11 is 3.44. The zero-order valence-corrected chi connectivity index (χ0v) is 14.0. The van der Waals surface area contributed by atoms with Gasteiger partial charge in [0.05, 0.1) is 6.54 Å². The largest absolute Gasteiger partial charge is 0.376 e. The zero-order valence-electron chi connectivity index (χ0n) is 12.4. The normalized spacial score (nSPS) is 10.1. The summed E-state index contributed by atoms with van der Waals surface area (Å²) < 4.78 is 0.957. The molecule has 0 aliphatic carbocycles. The monoisotopic (exact) mass is 360 g/mol. The summed E-state index contributed by atoms with van der Waals surface area (Å²) in [5, 5.41) is 5.85. The van der Waals surface area contributed by atoms with Crippen LogP contribution in [0.25, 0.3) is 0 Å². The molecule has 4 nitrogen and oxygen atoms in total. The highest BCUT2D eigenvalue weighted by Crippen LogP contribution is 2.20. The maximum absolute atomic E-state index is 11.9. The van der Waals surface area contributed by atoms with Crippen LogP contribution < -0.4 is 10.6 Å². The lowest BCUT2D eigenvalue weighted by molar-refractivity contribution is -0.114. The van der Waals surface area contributed by atoms with Crippen molar-refractivity contribution in [2.45, 2.75) is 13.8 Å². The molecule has 22 heavy (non-hydrogen) atoms. The highest BCUT2D eigenvalue weighted by Gasteiger charge is 2.04.